The average Bonchev–Trinajstić information content (AvgIpc) is 2.45. The van der Waals surface area contributed by atoms with E-state index in [2.05, 4.69) is 15.3 Å². The van der Waals surface area contributed by atoms with Crippen molar-refractivity contribution >= 4 is 11.6 Å². The van der Waals surface area contributed by atoms with Gasteiger partial charge < -0.3 is 15.8 Å². The zero-order valence-electron chi connectivity index (χ0n) is 10.2. The van der Waals surface area contributed by atoms with Gasteiger partial charge in [0.15, 0.2) is 6.61 Å². The van der Waals surface area contributed by atoms with Crippen molar-refractivity contribution in [3.8, 4) is 5.75 Å². The largest absolute Gasteiger partial charge is 0.482 e. The van der Waals surface area contributed by atoms with Crippen molar-refractivity contribution in [1.82, 2.24) is 15.3 Å². The lowest BCUT2D eigenvalue weighted by Crippen LogP contribution is -2.28. The van der Waals surface area contributed by atoms with E-state index in [9.17, 15) is 4.79 Å². The van der Waals surface area contributed by atoms with Crippen molar-refractivity contribution in [3.63, 3.8) is 0 Å². The molecule has 0 fully saturated rings. The van der Waals surface area contributed by atoms with Crippen LogP contribution >= 0.6 is 0 Å². The minimum absolute atomic E-state index is 0.0840. The Morgan fingerprint density at radius 3 is 2.89 bits per heavy atom. The molecule has 19 heavy (non-hydrogen) atoms. The van der Waals surface area contributed by atoms with Gasteiger partial charge in [-0.25, -0.2) is 9.97 Å². The number of aromatic nitrogens is 2. The smallest absolute Gasteiger partial charge is 0.258 e. The molecular weight excluding hydrogens is 244 g/mol. The van der Waals surface area contributed by atoms with Crippen LogP contribution in [0.4, 0.5) is 5.69 Å². The molecule has 0 spiro atoms. The Balaban J connectivity index is 1.78. The number of nitrogens with one attached hydrogen (secondary N) is 1. The average molecular weight is 258 g/mol. The van der Waals surface area contributed by atoms with Crippen molar-refractivity contribution < 1.29 is 9.53 Å². The Bertz CT molecular complexity index is 545. The third-order valence-corrected chi connectivity index (χ3v) is 2.39. The lowest BCUT2D eigenvalue weighted by molar-refractivity contribution is -0.123. The number of hydrogen-bond acceptors (Lipinski definition) is 5. The van der Waals surface area contributed by atoms with Crippen molar-refractivity contribution in [2.75, 3.05) is 12.3 Å². The molecule has 3 N–H and O–H groups in total. The number of ether oxygens (including phenoxy) is 1. The number of carbonyl (C=O) groups is 1. The Hall–Kier alpha value is -2.63. The Morgan fingerprint density at radius 1 is 1.32 bits per heavy atom. The maximum Gasteiger partial charge on any atom is 0.258 e. The molecular formula is C13H14N4O2. The maximum atomic E-state index is 11.6. The number of anilines is 1. The summed E-state index contributed by atoms with van der Waals surface area (Å²) in [6.07, 6.45) is 3.05. The van der Waals surface area contributed by atoms with Crippen molar-refractivity contribution in [3.05, 3.63) is 48.5 Å². The zero-order valence-corrected chi connectivity index (χ0v) is 10.2. The summed E-state index contributed by atoms with van der Waals surface area (Å²) in [5, 5.41) is 2.69. The van der Waals surface area contributed by atoms with Gasteiger partial charge in [0, 0.05) is 6.20 Å². The van der Waals surface area contributed by atoms with Gasteiger partial charge in [-0.05, 0) is 18.2 Å². The van der Waals surface area contributed by atoms with Crippen molar-refractivity contribution in [2.45, 2.75) is 6.54 Å². The van der Waals surface area contributed by atoms with Gasteiger partial charge in [-0.2, -0.15) is 0 Å². The second-order valence-corrected chi connectivity index (χ2v) is 3.80. The number of nitrogens with two attached hydrogens (primary N) is 1. The lowest BCUT2D eigenvalue weighted by atomic mass is 10.3. The number of carbonyl (C=O) groups excluding carboxylic acids is 1. The first kappa shape index (κ1) is 12.8. The van der Waals surface area contributed by atoms with Crippen molar-refractivity contribution in [2.24, 2.45) is 0 Å². The highest BCUT2D eigenvalue weighted by Gasteiger charge is 2.04. The molecule has 1 heterocycles. The molecule has 0 saturated carbocycles. The lowest BCUT2D eigenvalue weighted by Gasteiger charge is -2.08. The fourth-order valence-electron chi connectivity index (χ4n) is 1.42. The molecule has 0 aliphatic carbocycles. The summed E-state index contributed by atoms with van der Waals surface area (Å²) >= 11 is 0. The van der Waals surface area contributed by atoms with Crippen LogP contribution in [0.2, 0.25) is 0 Å². The number of amides is 1. The van der Waals surface area contributed by atoms with Crippen LogP contribution in [0.3, 0.4) is 0 Å². The molecule has 0 aliphatic heterocycles. The molecule has 0 aliphatic rings. The third kappa shape index (κ3) is 3.95. The highest BCUT2D eigenvalue weighted by atomic mass is 16.5. The van der Waals surface area contributed by atoms with E-state index in [1.54, 1.807) is 36.5 Å². The highest BCUT2D eigenvalue weighted by Crippen LogP contribution is 2.19. The third-order valence-electron chi connectivity index (χ3n) is 2.39. The van der Waals surface area contributed by atoms with Gasteiger partial charge in [0.2, 0.25) is 0 Å². The van der Waals surface area contributed by atoms with Crippen LogP contribution in [-0.4, -0.2) is 22.5 Å². The summed E-state index contributed by atoms with van der Waals surface area (Å²) in [6, 6.07) is 8.76. The highest BCUT2D eigenvalue weighted by molar-refractivity contribution is 5.77. The molecule has 98 valence electrons. The molecule has 6 heteroatoms. The Kier molecular flexibility index (Phi) is 4.28. The molecule has 1 aromatic heterocycles. The summed E-state index contributed by atoms with van der Waals surface area (Å²) < 4.78 is 5.32. The molecule has 0 bridgehead atoms. The summed E-state index contributed by atoms with van der Waals surface area (Å²) in [5.41, 5.74) is 6.94. The van der Waals surface area contributed by atoms with Crippen LogP contribution in [0.1, 0.15) is 5.69 Å². The number of hydrogen-bond donors (Lipinski definition) is 2. The van der Waals surface area contributed by atoms with E-state index < -0.39 is 0 Å². The van der Waals surface area contributed by atoms with Gasteiger partial charge in [-0.15, -0.1) is 0 Å². The van der Waals surface area contributed by atoms with Gasteiger partial charge in [-0.3, -0.25) is 4.79 Å². The quantitative estimate of drug-likeness (QED) is 0.772. The second kappa shape index (κ2) is 6.34. The van der Waals surface area contributed by atoms with Crippen LogP contribution in [-0.2, 0) is 11.3 Å². The fourth-order valence-corrected chi connectivity index (χ4v) is 1.42. The fraction of sp³-hybridized carbons (Fsp3) is 0.154. The summed E-state index contributed by atoms with van der Waals surface area (Å²) in [5.74, 6) is 0.265. The molecule has 1 aromatic carbocycles. The molecule has 1 amide bonds. The van der Waals surface area contributed by atoms with Crippen LogP contribution in [0.15, 0.2) is 42.9 Å². The van der Waals surface area contributed by atoms with Crippen LogP contribution in [0.5, 0.6) is 5.75 Å². The van der Waals surface area contributed by atoms with E-state index in [4.69, 9.17) is 10.5 Å². The molecule has 2 aromatic rings. The molecule has 2 rings (SSSR count). The minimum Gasteiger partial charge on any atom is -0.482 e. The molecule has 0 saturated heterocycles. The number of rotatable bonds is 5. The zero-order chi connectivity index (χ0) is 13.5. The molecule has 0 unspecified atom stereocenters. The van der Waals surface area contributed by atoms with Crippen LogP contribution in [0, 0.1) is 0 Å². The normalized spacial score (nSPS) is 9.89. The standard InChI is InChI=1S/C13H14N4O2/c14-11-3-1-2-4-12(11)19-8-13(18)16-7-10-5-6-15-9-17-10/h1-6,9H,7-8,14H2,(H,16,18). The molecule has 6 nitrogen and oxygen atoms in total. The van der Waals surface area contributed by atoms with Gasteiger partial charge in [-0.1, -0.05) is 12.1 Å². The van der Waals surface area contributed by atoms with Crippen molar-refractivity contribution in [1.29, 1.82) is 0 Å². The van der Waals surface area contributed by atoms with E-state index in [1.807, 2.05) is 0 Å². The van der Waals surface area contributed by atoms with Gasteiger partial charge in [0.05, 0.1) is 17.9 Å². The number of nitrogen functional groups attached to an aromatic ring is 1. The van der Waals surface area contributed by atoms with E-state index in [1.165, 1.54) is 6.33 Å². The Labute approximate surface area is 110 Å². The molecule has 0 radical (unpaired) electrons. The van der Waals surface area contributed by atoms with Crippen LogP contribution < -0.4 is 15.8 Å². The number of para-hydroxylation sites is 2. The maximum absolute atomic E-state index is 11.6. The summed E-state index contributed by atoms with van der Waals surface area (Å²) in [4.78, 5) is 19.4. The van der Waals surface area contributed by atoms with E-state index in [0.717, 1.165) is 5.69 Å². The summed E-state index contributed by atoms with van der Waals surface area (Å²) in [7, 11) is 0. The van der Waals surface area contributed by atoms with Gasteiger partial charge >= 0.3 is 0 Å². The van der Waals surface area contributed by atoms with Gasteiger partial charge in [0.25, 0.3) is 5.91 Å². The Morgan fingerprint density at radius 2 is 2.16 bits per heavy atom. The second-order valence-electron chi connectivity index (χ2n) is 3.80. The first-order valence-electron chi connectivity index (χ1n) is 5.74. The molecule has 0 atom stereocenters. The monoisotopic (exact) mass is 258 g/mol. The first-order chi connectivity index (χ1) is 9.25. The number of nitrogens with zero attached hydrogens (tertiary/aromatic N) is 2. The summed E-state index contributed by atoms with van der Waals surface area (Å²) in [6.45, 7) is 0.258. The van der Waals surface area contributed by atoms with E-state index >= 15 is 0 Å². The predicted molar refractivity (Wildman–Crippen MR) is 70.2 cm³/mol. The van der Waals surface area contributed by atoms with Crippen LogP contribution in [0.25, 0.3) is 0 Å². The first-order valence-corrected chi connectivity index (χ1v) is 5.74. The van der Waals surface area contributed by atoms with Gasteiger partial charge in [0.1, 0.15) is 12.1 Å². The van der Waals surface area contributed by atoms with E-state index in [-0.39, 0.29) is 12.5 Å². The topological polar surface area (TPSA) is 90.1 Å². The minimum atomic E-state index is -0.234. The predicted octanol–water partition coefficient (Wildman–Crippen LogP) is 0.754. The SMILES string of the molecule is Nc1ccccc1OCC(=O)NCc1ccncn1. The van der Waals surface area contributed by atoms with E-state index in [0.29, 0.717) is 18.0 Å². The number of benzene rings is 1.